The molecule has 0 aliphatic carbocycles. The molecule has 0 spiro atoms. The van der Waals surface area contributed by atoms with Gasteiger partial charge in [-0.3, -0.25) is 9.00 Å². The molecule has 0 aromatic heterocycles. The maximum atomic E-state index is 12.8. The predicted molar refractivity (Wildman–Crippen MR) is 63.4 cm³/mol. The number of alkyl halides is 2. The Balaban J connectivity index is 2.78. The molecule has 0 bridgehead atoms. The number of nitrogens with zero attached hydrogens (tertiary/aromatic N) is 1. The van der Waals surface area contributed by atoms with E-state index in [9.17, 15) is 17.8 Å². The lowest BCUT2D eigenvalue weighted by Gasteiger charge is -2.31. The first-order valence-electron chi connectivity index (χ1n) is 5.67. The second kappa shape index (κ2) is 5.42. The van der Waals surface area contributed by atoms with Crippen molar-refractivity contribution in [1.82, 2.24) is 4.90 Å². The normalized spacial score (nSPS) is 27.1. The van der Waals surface area contributed by atoms with Crippen molar-refractivity contribution in [2.75, 3.05) is 24.6 Å². The minimum atomic E-state index is -2.68. The molecule has 1 amide bonds. The lowest BCUT2D eigenvalue weighted by atomic mass is 9.92. The van der Waals surface area contributed by atoms with Crippen molar-refractivity contribution in [3.05, 3.63) is 0 Å². The molecule has 2 atom stereocenters. The predicted octanol–water partition coefficient (Wildman–Crippen LogP) is 1.50. The van der Waals surface area contributed by atoms with E-state index in [2.05, 4.69) is 0 Å². The summed E-state index contributed by atoms with van der Waals surface area (Å²) < 4.78 is 37.0. The number of carbonyl (C=O) groups excluding carboxylic acids is 1. The molecule has 0 radical (unpaired) electrons. The number of carbonyl (C=O) groups is 1. The highest BCUT2D eigenvalue weighted by atomic mass is 32.2. The van der Waals surface area contributed by atoms with Crippen molar-refractivity contribution in [3.8, 4) is 0 Å². The van der Waals surface area contributed by atoms with Crippen LogP contribution in [0.5, 0.6) is 0 Å². The molecule has 0 saturated carbocycles. The molecule has 0 aromatic carbocycles. The Morgan fingerprint density at radius 2 is 2.06 bits per heavy atom. The van der Waals surface area contributed by atoms with E-state index in [4.69, 9.17) is 0 Å². The molecule has 6 heteroatoms. The standard InChI is InChI=1S/C11H19F2NO2S/c1-8-6-14(4-5-17(16)7-8)10(15)11(2,3)9(12)13/h8-9H,4-7H2,1-3H3. The summed E-state index contributed by atoms with van der Waals surface area (Å²) in [6.07, 6.45) is -2.68. The van der Waals surface area contributed by atoms with Crippen LogP contribution in [0.3, 0.4) is 0 Å². The van der Waals surface area contributed by atoms with Gasteiger partial charge in [0.15, 0.2) is 0 Å². The molecule has 1 heterocycles. The van der Waals surface area contributed by atoms with E-state index in [1.54, 1.807) is 0 Å². The van der Waals surface area contributed by atoms with Gasteiger partial charge in [0.2, 0.25) is 5.91 Å². The molecular weight excluding hydrogens is 248 g/mol. The Bertz CT molecular complexity index is 321. The van der Waals surface area contributed by atoms with Crippen LogP contribution in [-0.4, -0.2) is 46.0 Å². The van der Waals surface area contributed by atoms with Crippen LogP contribution in [0.1, 0.15) is 20.8 Å². The van der Waals surface area contributed by atoms with Gasteiger partial charge in [0.25, 0.3) is 6.43 Å². The van der Waals surface area contributed by atoms with Crippen LogP contribution in [-0.2, 0) is 15.6 Å². The summed E-state index contributed by atoms with van der Waals surface area (Å²) in [6.45, 7) is 5.13. The number of rotatable bonds is 2. The van der Waals surface area contributed by atoms with Crippen LogP contribution in [0.15, 0.2) is 0 Å². The summed E-state index contributed by atoms with van der Waals surface area (Å²) in [7, 11) is -0.944. The number of amides is 1. The van der Waals surface area contributed by atoms with E-state index in [-0.39, 0.29) is 5.92 Å². The fourth-order valence-corrected chi connectivity index (χ4v) is 3.15. The first-order chi connectivity index (χ1) is 7.75. The molecule has 0 aromatic rings. The van der Waals surface area contributed by atoms with Crippen LogP contribution in [0.25, 0.3) is 0 Å². The van der Waals surface area contributed by atoms with E-state index >= 15 is 0 Å². The number of hydrogen-bond donors (Lipinski definition) is 0. The summed E-state index contributed by atoms with van der Waals surface area (Å²) in [6, 6.07) is 0. The number of halogens is 2. The van der Waals surface area contributed by atoms with Crippen molar-refractivity contribution in [3.63, 3.8) is 0 Å². The molecule has 1 rings (SSSR count). The topological polar surface area (TPSA) is 37.4 Å². The first kappa shape index (κ1) is 14.5. The molecule has 1 saturated heterocycles. The zero-order valence-corrected chi connectivity index (χ0v) is 11.2. The summed E-state index contributed by atoms with van der Waals surface area (Å²) in [5.74, 6) is 0.475. The molecule has 0 N–H and O–H groups in total. The summed E-state index contributed by atoms with van der Waals surface area (Å²) in [5, 5.41) is 0. The average molecular weight is 267 g/mol. The van der Waals surface area contributed by atoms with E-state index in [1.165, 1.54) is 18.7 Å². The molecule has 1 fully saturated rings. The third-order valence-corrected chi connectivity index (χ3v) is 4.55. The zero-order valence-electron chi connectivity index (χ0n) is 10.4. The summed E-state index contributed by atoms with van der Waals surface area (Å²) in [4.78, 5) is 13.4. The highest BCUT2D eigenvalue weighted by Gasteiger charge is 2.41. The Morgan fingerprint density at radius 1 is 1.47 bits per heavy atom. The van der Waals surface area contributed by atoms with Gasteiger partial charge in [-0.25, -0.2) is 8.78 Å². The van der Waals surface area contributed by atoms with Crippen molar-refractivity contribution in [2.24, 2.45) is 11.3 Å². The van der Waals surface area contributed by atoms with Crippen LogP contribution >= 0.6 is 0 Å². The van der Waals surface area contributed by atoms with Gasteiger partial charge < -0.3 is 4.90 Å². The Hall–Kier alpha value is -0.520. The average Bonchev–Trinajstić information content (AvgIpc) is 2.38. The van der Waals surface area contributed by atoms with Crippen molar-refractivity contribution in [2.45, 2.75) is 27.2 Å². The van der Waals surface area contributed by atoms with Gasteiger partial charge in [-0.15, -0.1) is 0 Å². The Kier molecular flexibility index (Phi) is 4.63. The van der Waals surface area contributed by atoms with Crippen LogP contribution in [0, 0.1) is 11.3 Å². The van der Waals surface area contributed by atoms with Gasteiger partial charge in [-0.1, -0.05) is 6.92 Å². The monoisotopic (exact) mass is 267 g/mol. The smallest absolute Gasteiger partial charge is 0.252 e. The molecule has 17 heavy (non-hydrogen) atoms. The van der Waals surface area contributed by atoms with E-state index in [0.717, 1.165) is 0 Å². The molecule has 1 aliphatic heterocycles. The Labute approximate surface area is 103 Å². The van der Waals surface area contributed by atoms with E-state index in [1.807, 2.05) is 6.92 Å². The lowest BCUT2D eigenvalue weighted by Crippen LogP contribution is -2.46. The largest absolute Gasteiger partial charge is 0.341 e. The van der Waals surface area contributed by atoms with Crippen molar-refractivity contribution in [1.29, 1.82) is 0 Å². The fraction of sp³-hybridized carbons (Fsp3) is 0.909. The highest BCUT2D eigenvalue weighted by molar-refractivity contribution is 7.85. The van der Waals surface area contributed by atoms with Crippen LogP contribution < -0.4 is 0 Å². The quantitative estimate of drug-likeness (QED) is 0.760. The fourth-order valence-electron chi connectivity index (χ4n) is 1.82. The van der Waals surface area contributed by atoms with Gasteiger partial charge in [0.1, 0.15) is 5.41 Å². The lowest BCUT2D eigenvalue weighted by molar-refractivity contribution is -0.149. The minimum absolute atomic E-state index is 0.0933. The number of hydrogen-bond acceptors (Lipinski definition) is 2. The SMILES string of the molecule is CC1CN(C(=O)C(C)(C)C(F)F)CCS(=O)C1. The summed E-state index contributed by atoms with van der Waals surface area (Å²) in [5.41, 5.74) is -1.66. The summed E-state index contributed by atoms with van der Waals surface area (Å²) >= 11 is 0. The van der Waals surface area contributed by atoms with Gasteiger partial charge in [-0.05, 0) is 19.8 Å². The van der Waals surface area contributed by atoms with Gasteiger partial charge in [0, 0.05) is 35.4 Å². The second-order valence-corrected chi connectivity index (χ2v) is 6.81. The molecule has 3 nitrogen and oxygen atoms in total. The minimum Gasteiger partial charge on any atom is -0.341 e. The first-order valence-corrected chi connectivity index (χ1v) is 7.16. The maximum absolute atomic E-state index is 12.8. The third-order valence-electron chi connectivity index (χ3n) is 2.98. The van der Waals surface area contributed by atoms with Crippen LogP contribution in [0.2, 0.25) is 0 Å². The van der Waals surface area contributed by atoms with E-state index < -0.39 is 28.5 Å². The molecule has 2 unspecified atom stereocenters. The molecule has 1 aliphatic rings. The van der Waals surface area contributed by atoms with Gasteiger partial charge in [-0.2, -0.15) is 0 Å². The molecule has 100 valence electrons. The van der Waals surface area contributed by atoms with E-state index in [0.29, 0.717) is 24.6 Å². The maximum Gasteiger partial charge on any atom is 0.252 e. The van der Waals surface area contributed by atoms with Gasteiger partial charge in [0.05, 0.1) is 0 Å². The van der Waals surface area contributed by atoms with Crippen molar-refractivity contribution < 1.29 is 17.8 Å². The zero-order chi connectivity index (χ0) is 13.2. The second-order valence-electron chi connectivity index (χ2n) is 5.19. The van der Waals surface area contributed by atoms with Crippen LogP contribution in [0.4, 0.5) is 8.78 Å². The molecular formula is C11H19F2NO2S. The third kappa shape index (κ3) is 3.47. The van der Waals surface area contributed by atoms with Crippen molar-refractivity contribution >= 4 is 16.7 Å². The van der Waals surface area contributed by atoms with Gasteiger partial charge >= 0.3 is 0 Å². The highest BCUT2D eigenvalue weighted by Crippen LogP contribution is 2.28. The Morgan fingerprint density at radius 3 is 2.59 bits per heavy atom.